The summed E-state index contributed by atoms with van der Waals surface area (Å²) in [7, 11) is 3.23. The molecule has 60 valence electrons. The first-order chi connectivity index (χ1) is 5.16. The topological polar surface area (TPSA) is 46.5 Å². The van der Waals surface area contributed by atoms with Crippen LogP contribution in [0.25, 0.3) is 0 Å². The fraction of sp³-hybridized carbons (Fsp3) is 0.429. The van der Waals surface area contributed by atoms with Gasteiger partial charge < -0.3 is 0 Å². The van der Waals surface area contributed by atoms with Gasteiger partial charge in [0.1, 0.15) is 0 Å². The van der Waals surface area contributed by atoms with Crippen LogP contribution in [0, 0.1) is 0 Å². The van der Waals surface area contributed by atoms with E-state index in [1.54, 1.807) is 0 Å². The molecule has 3 nitrogen and oxygen atoms in total. The third-order valence-electron chi connectivity index (χ3n) is 0.980. The van der Waals surface area contributed by atoms with Gasteiger partial charge in [-0.05, 0) is 0 Å². The van der Waals surface area contributed by atoms with Gasteiger partial charge in [0, 0.05) is 0 Å². The first-order valence-electron chi connectivity index (χ1n) is 3.30. The Morgan fingerprint density at radius 3 is 2.73 bits per heavy atom. The van der Waals surface area contributed by atoms with E-state index in [2.05, 4.69) is 18.8 Å². The summed E-state index contributed by atoms with van der Waals surface area (Å²) in [4.78, 5) is 10.7. The number of esters is 1. The standard InChI is InChI=1S/C7H11BO3/c1-2-5-11-7(10)4-3-6(8)9/h2,8-9H,1,3-5H2. The molecule has 0 amide bonds. The Hall–Kier alpha value is -1.06. The second-order valence-corrected chi connectivity index (χ2v) is 2.04. The molecule has 0 saturated carbocycles. The molecule has 0 aliphatic rings. The Balaban J connectivity index is 3.37. The molecule has 0 heterocycles. The molecule has 0 fully saturated rings. The Bertz CT molecular complexity index is 165. The first-order valence-corrected chi connectivity index (χ1v) is 3.30. The monoisotopic (exact) mass is 154 g/mol. The van der Waals surface area contributed by atoms with Crippen LogP contribution in [0.5, 0.6) is 0 Å². The molecule has 0 atom stereocenters. The van der Waals surface area contributed by atoms with Gasteiger partial charge >= 0.3 is 65.8 Å². The maximum absolute atomic E-state index is 10.7. The zero-order valence-corrected chi connectivity index (χ0v) is 6.38. The van der Waals surface area contributed by atoms with Gasteiger partial charge in [-0.2, -0.15) is 0 Å². The Kier molecular flexibility index (Phi) is 5.16. The summed E-state index contributed by atoms with van der Waals surface area (Å²) < 4.78 is 4.63. The van der Waals surface area contributed by atoms with E-state index >= 15 is 0 Å². The third-order valence-corrected chi connectivity index (χ3v) is 0.980. The fourth-order valence-electron chi connectivity index (χ4n) is 0.470. The summed E-state index contributed by atoms with van der Waals surface area (Å²) in [6, 6.07) is 0. The van der Waals surface area contributed by atoms with Gasteiger partial charge in [0.15, 0.2) is 0 Å². The summed E-state index contributed by atoms with van der Waals surface area (Å²) in [6.45, 7) is 3.60. The number of hydrogen-bond donors (Lipinski definition) is 1. The minimum absolute atomic E-state index is 0.000512. The van der Waals surface area contributed by atoms with Crippen molar-refractivity contribution in [3.8, 4) is 0 Å². The fourth-order valence-corrected chi connectivity index (χ4v) is 0.470. The summed E-state index contributed by atoms with van der Waals surface area (Å²) in [5.74, 6) is -0.347. The van der Waals surface area contributed by atoms with Crippen molar-refractivity contribution < 1.29 is 14.6 Å². The quantitative estimate of drug-likeness (QED) is 0.341. The van der Waals surface area contributed by atoms with Crippen LogP contribution in [0.3, 0.4) is 0 Å². The van der Waals surface area contributed by atoms with Crippen molar-refractivity contribution in [2.75, 3.05) is 6.61 Å². The van der Waals surface area contributed by atoms with E-state index < -0.39 is 0 Å². The third kappa shape index (κ3) is 6.83. The van der Waals surface area contributed by atoms with Crippen LogP contribution in [0.2, 0.25) is 0 Å². The van der Waals surface area contributed by atoms with E-state index in [-0.39, 0.29) is 31.1 Å². The number of rotatable bonds is 5. The molecule has 0 aromatic carbocycles. The minimum atomic E-state index is -0.347. The number of aliphatic hydroxyl groups is 1. The summed E-state index contributed by atoms with van der Waals surface area (Å²) in [6.07, 6.45) is 1.92. The van der Waals surface area contributed by atoms with Crippen molar-refractivity contribution in [3.05, 3.63) is 12.7 Å². The zero-order valence-electron chi connectivity index (χ0n) is 6.38. The molecular weight excluding hydrogens is 143 g/mol. The molecular formula is C7H11BO3. The average Bonchev–Trinajstić information content (AvgIpc) is 1.97. The average molecular weight is 154 g/mol. The van der Waals surface area contributed by atoms with E-state index in [0.717, 1.165) is 0 Å². The molecule has 0 aromatic rings. The molecule has 0 spiro atoms. The maximum atomic E-state index is 10.7. The summed E-state index contributed by atoms with van der Waals surface area (Å²) in [5, 5.41) is 8.60. The normalized spacial score (nSPS) is 8.64. The first kappa shape index (κ1) is 9.94. The molecule has 0 aliphatic heterocycles. The molecule has 0 rings (SSSR count). The molecule has 0 aliphatic carbocycles. The van der Waals surface area contributed by atoms with E-state index in [1.165, 1.54) is 6.08 Å². The molecule has 0 radical (unpaired) electrons. The predicted molar refractivity (Wildman–Crippen MR) is 44.5 cm³/mol. The van der Waals surface area contributed by atoms with Gasteiger partial charge in [0.25, 0.3) is 0 Å². The van der Waals surface area contributed by atoms with Gasteiger partial charge in [-0.1, -0.05) is 0 Å². The molecule has 4 heteroatoms. The van der Waals surface area contributed by atoms with Crippen LogP contribution < -0.4 is 0 Å². The van der Waals surface area contributed by atoms with Crippen LogP contribution in [0.15, 0.2) is 12.7 Å². The van der Waals surface area contributed by atoms with E-state index in [4.69, 9.17) is 5.11 Å². The predicted octanol–water partition coefficient (Wildman–Crippen LogP) is -0.101. The van der Waals surface area contributed by atoms with Gasteiger partial charge in [-0.15, -0.1) is 0 Å². The Morgan fingerprint density at radius 2 is 2.27 bits per heavy atom. The molecule has 0 unspecified atom stereocenters. The van der Waals surface area contributed by atoms with E-state index in [1.807, 2.05) is 0 Å². The number of carbonyl (C=O) groups excluding carboxylic acids is 1. The van der Waals surface area contributed by atoms with Crippen molar-refractivity contribution in [2.24, 2.45) is 0 Å². The van der Waals surface area contributed by atoms with Crippen molar-refractivity contribution >= 4 is 19.1 Å². The summed E-state index contributed by atoms with van der Waals surface area (Å²) in [5.41, 5.74) is 0.000512. The van der Waals surface area contributed by atoms with Gasteiger partial charge in [-0.25, -0.2) is 0 Å². The molecule has 1 N–H and O–H groups in total. The summed E-state index contributed by atoms with van der Waals surface area (Å²) >= 11 is 0. The molecule has 0 saturated heterocycles. The van der Waals surface area contributed by atoms with Crippen LogP contribution in [0.4, 0.5) is 0 Å². The van der Waals surface area contributed by atoms with Crippen LogP contribution in [-0.2, 0) is 9.53 Å². The molecule has 0 bridgehead atoms. The second kappa shape index (κ2) is 5.71. The Morgan fingerprint density at radius 1 is 1.64 bits per heavy atom. The van der Waals surface area contributed by atoms with Gasteiger partial charge in [0.05, 0.1) is 0 Å². The number of carbonyl (C=O) groups is 1. The van der Waals surface area contributed by atoms with Crippen LogP contribution >= 0.6 is 0 Å². The van der Waals surface area contributed by atoms with Crippen molar-refractivity contribution in [1.29, 1.82) is 0 Å². The number of ether oxygens (including phenoxy) is 1. The Labute approximate surface area is 66.7 Å². The number of hydrogen-bond acceptors (Lipinski definition) is 3. The second-order valence-electron chi connectivity index (χ2n) is 2.04. The van der Waals surface area contributed by atoms with Crippen LogP contribution in [0.1, 0.15) is 12.8 Å². The molecule has 0 aromatic heterocycles. The van der Waals surface area contributed by atoms with Crippen molar-refractivity contribution in [1.82, 2.24) is 0 Å². The van der Waals surface area contributed by atoms with E-state index in [9.17, 15) is 4.79 Å². The van der Waals surface area contributed by atoms with Crippen molar-refractivity contribution in [2.45, 2.75) is 12.8 Å². The number of aliphatic hydroxyl groups excluding tert-OH is 1. The molecule has 11 heavy (non-hydrogen) atoms. The van der Waals surface area contributed by atoms with Gasteiger partial charge in [-0.3, -0.25) is 0 Å². The van der Waals surface area contributed by atoms with Crippen molar-refractivity contribution in [3.63, 3.8) is 0 Å². The SMILES string of the molecule is B=C(O)CCC(=O)OCC=C. The van der Waals surface area contributed by atoms with Crippen LogP contribution in [-0.4, -0.2) is 30.8 Å². The van der Waals surface area contributed by atoms with E-state index in [0.29, 0.717) is 0 Å². The van der Waals surface area contributed by atoms with Gasteiger partial charge in [0.2, 0.25) is 0 Å². The zero-order chi connectivity index (χ0) is 8.69.